The van der Waals surface area contributed by atoms with Gasteiger partial charge < -0.3 is 10.0 Å². The number of carbonyl (C=O) groups excluding carboxylic acids is 1. The molecule has 1 aromatic carbocycles. The number of hydrogen-bond acceptors (Lipinski definition) is 3. The number of rotatable bonds is 5. The Morgan fingerprint density at radius 1 is 1.30 bits per heavy atom. The number of hydrogen-bond donors (Lipinski definition) is 1. The highest BCUT2D eigenvalue weighted by molar-refractivity contribution is 5.97. The van der Waals surface area contributed by atoms with Crippen molar-refractivity contribution in [1.82, 2.24) is 14.7 Å². The molecule has 1 N–H and O–H groups in total. The monoisotopic (exact) mass is 375 g/mol. The predicted octanol–water partition coefficient (Wildman–Crippen LogP) is 2.72. The zero-order valence-corrected chi connectivity index (χ0v) is 14.8. The van der Waals surface area contributed by atoms with Gasteiger partial charge in [0.15, 0.2) is 17.3 Å². The lowest BCUT2D eigenvalue weighted by molar-refractivity contribution is -0.141. The molecule has 1 amide bonds. The number of aliphatic carboxylic acids is 1. The van der Waals surface area contributed by atoms with Crippen molar-refractivity contribution in [3.05, 3.63) is 46.8 Å². The van der Waals surface area contributed by atoms with Crippen molar-refractivity contribution in [3.63, 3.8) is 0 Å². The van der Waals surface area contributed by atoms with E-state index in [2.05, 4.69) is 5.10 Å². The molecule has 0 aliphatic heterocycles. The van der Waals surface area contributed by atoms with Gasteiger partial charge in [-0.3, -0.25) is 4.79 Å². The number of nitrogens with zero attached hydrogens (tertiary/aromatic N) is 3. The molecule has 1 heterocycles. The van der Waals surface area contributed by atoms with Gasteiger partial charge in [0, 0.05) is 17.3 Å². The number of benzene rings is 1. The summed E-state index contributed by atoms with van der Waals surface area (Å²) in [4.78, 5) is 25.9. The third-order valence-corrected chi connectivity index (χ3v) is 5.24. The van der Waals surface area contributed by atoms with Crippen LogP contribution in [0.25, 0.3) is 5.69 Å². The largest absolute Gasteiger partial charge is 0.480 e. The molecule has 142 valence electrons. The molecule has 1 saturated carbocycles. The van der Waals surface area contributed by atoms with Crippen LogP contribution in [0.3, 0.4) is 0 Å². The van der Waals surface area contributed by atoms with Crippen LogP contribution in [0.15, 0.2) is 18.2 Å². The van der Waals surface area contributed by atoms with E-state index in [0.717, 1.165) is 25.3 Å². The maximum absolute atomic E-state index is 14.3. The van der Waals surface area contributed by atoms with E-state index in [9.17, 15) is 23.5 Å². The van der Waals surface area contributed by atoms with Crippen molar-refractivity contribution >= 4 is 11.9 Å². The first-order valence-electron chi connectivity index (χ1n) is 9.00. The van der Waals surface area contributed by atoms with Crippen molar-refractivity contribution in [2.45, 2.75) is 51.1 Å². The zero-order chi connectivity index (χ0) is 19.3. The van der Waals surface area contributed by atoms with Crippen LogP contribution in [0, 0.1) is 11.6 Å². The molecule has 2 aromatic rings. The van der Waals surface area contributed by atoms with Gasteiger partial charge in [-0.2, -0.15) is 5.10 Å². The van der Waals surface area contributed by atoms with Crippen molar-refractivity contribution in [3.8, 4) is 5.69 Å². The zero-order valence-electron chi connectivity index (χ0n) is 14.8. The van der Waals surface area contributed by atoms with Gasteiger partial charge in [0.1, 0.15) is 11.7 Å². The van der Waals surface area contributed by atoms with Gasteiger partial charge in [-0.25, -0.2) is 18.3 Å². The third-order valence-electron chi connectivity index (χ3n) is 5.24. The van der Waals surface area contributed by atoms with Crippen molar-refractivity contribution < 1.29 is 23.5 Å². The van der Waals surface area contributed by atoms with Crippen LogP contribution >= 0.6 is 0 Å². The van der Waals surface area contributed by atoms with Crippen LogP contribution in [0.1, 0.15) is 47.9 Å². The number of aromatic nitrogens is 2. The van der Waals surface area contributed by atoms with E-state index in [1.54, 1.807) is 0 Å². The SMILES string of the molecule is CC(C(=O)O)N(C(=O)c1nn(-c2cccc(F)c2F)c2c1CCC2)C1CC1. The fraction of sp³-hybridized carbons (Fsp3) is 0.421. The van der Waals surface area contributed by atoms with Crippen LogP contribution < -0.4 is 0 Å². The molecule has 8 heteroatoms. The molecule has 0 bridgehead atoms. The topological polar surface area (TPSA) is 75.4 Å². The highest BCUT2D eigenvalue weighted by atomic mass is 19.2. The standard InChI is InChI=1S/C19H19F2N3O3/c1-10(19(26)27)23(11-8-9-11)18(25)17-12-4-2-6-14(12)24(22-17)15-7-3-5-13(20)16(15)21/h3,5,7,10-11H,2,4,6,8-9H2,1H3,(H,26,27). The summed E-state index contributed by atoms with van der Waals surface area (Å²) in [5.74, 6) is -3.54. The summed E-state index contributed by atoms with van der Waals surface area (Å²) in [7, 11) is 0. The summed E-state index contributed by atoms with van der Waals surface area (Å²) >= 11 is 0. The molecule has 0 radical (unpaired) electrons. The number of carbonyl (C=O) groups is 2. The highest BCUT2D eigenvalue weighted by Crippen LogP contribution is 2.34. The second kappa shape index (κ2) is 6.44. The summed E-state index contributed by atoms with van der Waals surface area (Å²) in [6, 6.07) is 2.74. The molecule has 0 saturated heterocycles. The first-order chi connectivity index (χ1) is 12.9. The molecule has 1 unspecified atom stereocenters. The minimum atomic E-state index is -1.08. The second-order valence-electron chi connectivity index (χ2n) is 7.07. The van der Waals surface area contributed by atoms with Gasteiger partial charge in [-0.1, -0.05) is 6.07 Å². The molecule has 1 atom stereocenters. The fourth-order valence-electron chi connectivity index (χ4n) is 3.72. The number of carboxylic acids is 1. The quantitative estimate of drug-likeness (QED) is 0.872. The molecule has 2 aliphatic rings. The van der Waals surface area contributed by atoms with Crippen LogP contribution in [0.2, 0.25) is 0 Å². The van der Waals surface area contributed by atoms with Crippen LogP contribution in [-0.2, 0) is 17.6 Å². The van der Waals surface area contributed by atoms with E-state index < -0.39 is 29.6 Å². The average Bonchev–Trinajstić information content (AvgIpc) is 3.22. The number of halogens is 2. The molecule has 27 heavy (non-hydrogen) atoms. The Balaban J connectivity index is 1.79. The molecular weight excluding hydrogens is 356 g/mol. The van der Waals surface area contributed by atoms with Crippen molar-refractivity contribution in [2.75, 3.05) is 0 Å². The fourth-order valence-corrected chi connectivity index (χ4v) is 3.72. The average molecular weight is 375 g/mol. The minimum absolute atomic E-state index is 0.0449. The maximum Gasteiger partial charge on any atom is 0.326 e. The lowest BCUT2D eigenvalue weighted by Gasteiger charge is -2.26. The maximum atomic E-state index is 14.3. The summed E-state index contributed by atoms with van der Waals surface area (Å²) in [5, 5.41) is 13.7. The van der Waals surface area contributed by atoms with E-state index in [-0.39, 0.29) is 17.4 Å². The molecule has 1 aromatic heterocycles. The summed E-state index contributed by atoms with van der Waals surface area (Å²) in [6.45, 7) is 1.47. The van der Waals surface area contributed by atoms with Gasteiger partial charge in [-0.15, -0.1) is 0 Å². The molecule has 4 rings (SSSR count). The lowest BCUT2D eigenvalue weighted by atomic mass is 10.1. The Morgan fingerprint density at radius 2 is 2.04 bits per heavy atom. The Bertz CT molecular complexity index is 937. The van der Waals surface area contributed by atoms with E-state index in [1.165, 1.54) is 28.6 Å². The van der Waals surface area contributed by atoms with Gasteiger partial charge in [0.05, 0.1) is 0 Å². The Labute approximate surface area is 154 Å². The van der Waals surface area contributed by atoms with E-state index in [1.807, 2.05) is 0 Å². The number of carboxylic acid groups (broad SMARTS) is 1. The van der Waals surface area contributed by atoms with Crippen LogP contribution in [-0.4, -0.2) is 43.7 Å². The Hall–Kier alpha value is -2.77. The smallest absolute Gasteiger partial charge is 0.326 e. The van der Waals surface area contributed by atoms with Gasteiger partial charge in [0.25, 0.3) is 5.91 Å². The van der Waals surface area contributed by atoms with Gasteiger partial charge in [0.2, 0.25) is 0 Å². The first-order valence-corrected chi connectivity index (χ1v) is 9.00. The highest BCUT2D eigenvalue weighted by Gasteiger charge is 2.41. The second-order valence-corrected chi connectivity index (χ2v) is 7.07. The van der Waals surface area contributed by atoms with E-state index in [0.29, 0.717) is 24.1 Å². The molecule has 0 spiro atoms. The van der Waals surface area contributed by atoms with E-state index in [4.69, 9.17) is 0 Å². The van der Waals surface area contributed by atoms with Gasteiger partial charge in [-0.05, 0) is 51.2 Å². The van der Waals surface area contributed by atoms with Crippen molar-refractivity contribution in [1.29, 1.82) is 0 Å². The normalized spacial score (nSPS) is 16.9. The van der Waals surface area contributed by atoms with Crippen LogP contribution in [0.4, 0.5) is 8.78 Å². The van der Waals surface area contributed by atoms with Crippen molar-refractivity contribution in [2.24, 2.45) is 0 Å². The summed E-state index contributed by atoms with van der Waals surface area (Å²) in [6.07, 6.45) is 3.49. The third kappa shape index (κ3) is 2.89. The number of fused-ring (bicyclic) bond motifs is 1. The molecule has 2 aliphatic carbocycles. The predicted molar refractivity (Wildman–Crippen MR) is 91.8 cm³/mol. The Kier molecular flexibility index (Phi) is 4.20. The summed E-state index contributed by atoms with van der Waals surface area (Å²) in [5.41, 5.74) is 1.48. The minimum Gasteiger partial charge on any atom is -0.480 e. The lowest BCUT2D eigenvalue weighted by Crippen LogP contribution is -2.45. The Morgan fingerprint density at radius 3 is 2.70 bits per heavy atom. The molecular formula is C19H19F2N3O3. The number of amides is 1. The molecule has 6 nitrogen and oxygen atoms in total. The first kappa shape index (κ1) is 17.6. The van der Waals surface area contributed by atoms with E-state index >= 15 is 0 Å². The summed E-state index contributed by atoms with van der Waals surface area (Å²) < 4.78 is 29.2. The van der Waals surface area contributed by atoms with Crippen LogP contribution in [0.5, 0.6) is 0 Å². The molecule has 1 fully saturated rings. The van der Waals surface area contributed by atoms with Gasteiger partial charge >= 0.3 is 5.97 Å².